The molecule has 0 fully saturated rings. The molecule has 0 saturated carbocycles. The van der Waals surface area contributed by atoms with E-state index in [4.69, 9.17) is 0 Å². The zero-order valence-electron chi connectivity index (χ0n) is 9.08. The lowest BCUT2D eigenvalue weighted by molar-refractivity contribution is 1.18. The summed E-state index contributed by atoms with van der Waals surface area (Å²) in [6, 6.07) is 12.9. The molecule has 2 aromatic carbocycles. The second kappa shape index (κ2) is 4.43. The van der Waals surface area contributed by atoms with Crippen molar-refractivity contribution in [1.82, 2.24) is 0 Å². The molecule has 2 heteroatoms. The molecule has 0 radical (unpaired) electrons. The van der Waals surface area contributed by atoms with Crippen LogP contribution in [-0.4, -0.2) is 0 Å². The highest BCUT2D eigenvalue weighted by atomic mass is 79.9. The van der Waals surface area contributed by atoms with Gasteiger partial charge in [-0.2, -0.15) is 0 Å². The Bertz CT molecular complexity index is 559. The largest absolute Gasteiger partial charge is 0.0541 e. The first-order chi connectivity index (χ1) is 8.22. The first-order valence-electron chi connectivity index (χ1n) is 5.47. The van der Waals surface area contributed by atoms with Gasteiger partial charge in [0.1, 0.15) is 0 Å². The maximum absolute atomic E-state index is 3.54. The maximum Gasteiger partial charge on any atom is 0.0178 e. The Morgan fingerprint density at radius 1 is 0.706 bits per heavy atom. The van der Waals surface area contributed by atoms with Crippen molar-refractivity contribution in [3.63, 3.8) is 0 Å². The van der Waals surface area contributed by atoms with Gasteiger partial charge in [0.25, 0.3) is 0 Å². The Morgan fingerprint density at radius 3 is 1.65 bits per heavy atom. The van der Waals surface area contributed by atoms with E-state index in [2.05, 4.69) is 80.4 Å². The fraction of sp³-hybridized carbons (Fsp3) is 0.0667. The number of hydrogen-bond acceptors (Lipinski definition) is 0. The van der Waals surface area contributed by atoms with Gasteiger partial charge < -0.3 is 0 Å². The SMILES string of the molecule is Brc1ccc2c(c1)Cc1cc(Br)ccc1C=C2. The van der Waals surface area contributed by atoms with E-state index in [1.165, 1.54) is 22.3 Å². The molecule has 0 aromatic heterocycles. The summed E-state index contributed by atoms with van der Waals surface area (Å²) in [4.78, 5) is 0. The standard InChI is InChI=1S/C15H10Br2/c16-14-5-3-10-1-2-11-4-6-15(17)9-13(11)7-12(10)8-14/h1-6,8-9H,7H2. The van der Waals surface area contributed by atoms with Gasteiger partial charge in [-0.05, 0) is 52.9 Å². The van der Waals surface area contributed by atoms with Crippen molar-refractivity contribution in [1.29, 1.82) is 0 Å². The van der Waals surface area contributed by atoms with Crippen molar-refractivity contribution in [3.05, 3.63) is 67.6 Å². The maximum atomic E-state index is 3.54. The van der Waals surface area contributed by atoms with E-state index in [9.17, 15) is 0 Å². The minimum absolute atomic E-state index is 0.983. The van der Waals surface area contributed by atoms with E-state index in [0.717, 1.165) is 15.4 Å². The number of rotatable bonds is 0. The predicted molar refractivity (Wildman–Crippen MR) is 80.0 cm³/mol. The van der Waals surface area contributed by atoms with E-state index in [1.54, 1.807) is 0 Å². The predicted octanol–water partition coefficient (Wildman–Crippen LogP) is 5.29. The number of benzene rings is 2. The van der Waals surface area contributed by atoms with Crippen LogP contribution in [0.5, 0.6) is 0 Å². The lowest BCUT2D eigenvalue weighted by Gasteiger charge is -2.07. The molecule has 1 aliphatic rings. The summed E-state index contributed by atoms with van der Waals surface area (Å²) in [5.74, 6) is 0. The normalized spacial score (nSPS) is 12.8. The molecule has 0 saturated heterocycles. The van der Waals surface area contributed by atoms with E-state index in [0.29, 0.717) is 0 Å². The van der Waals surface area contributed by atoms with Gasteiger partial charge >= 0.3 is 0 Å². The topological polar surface area (TPSA) is 0 Å². The molecule has 0 atom stereocenters. The van der Waals surface area contributed by atoms with Crippen LogP contribution < -0.4 is 0 Å². The zero-order chi connectivity index (χ0) is 11.8. The minimum atomic E-state index is 0.983. The highest BCUT2D eigenvalue weighted by Gasteiger charge is 2.09. The summed E-state index contributed by atoms with van der Waals surface area (Å²) in [5.41, 5.74) is 5.35. The Hall–Kier alpha value is -0.860. The first-order valence-corrected chi connectivity index (χ1v) is 7.06. The van der Waals surface area contributed by atoms with Gasteiger partial charge in [-0.1, -0.05) is 56.1 Å². The smallest absolute Gasteiger partial charge is 0.0178 e. The third-order valence-electron chi connectivity index (χ3n) is 3.03. The highest BCUT2D eigenvalue weighted by Crippen LogP contribution is 2.28. The fourth-order valence-electron chi connectivity index (χ4n) is 2.16. The van der Waals surface area contributed by atoms with E-state index in [-0.39, 0.29) is 0 Å². The third kappa shape index (κ3) is 2.24. The molecule has 0 nitrogen and oxygen atoms in total. The molecule has 0 spiro atoms. The van der Waals surface area contributed by atoms with E-state index in [1.807, 2.05) is 0 Å². The van der Waals surface area contributed by atoms with Gasteiger partial charge in [-0.3, -0.25) is 0 Å². The molecule has 0 amide bonds. The van der Waals surface area contributed by atoms with Crippen LogP contribution >= 0.6 is 31.9 Å². The lowest BCUT2D eigenvalue weighted by atomic mass is 10.0. The Morgan fingerprint density at radius 2 is 1.18 bits per heavy atom. The molecular weight excluding hydrogens is 340 g/mol. The second-order valence-electron chi connectivity index (χ2n) is 4.20. The Labute approximate surface area is 118 Å². The molecule has 84 valence electrons. The molecule has 0 N–H and O–H groups in total. The summed E-state index contributed by atoms with van der Waals surface area (Å²) >= 11 is 7.07. The van der Waals surface area contributed by atoms with Crippen LogP contribution in [0, 0.1) is 0 Å². The van der Waals surface area contributed by atoms with Crippen LogP contribution in [0.4, 0.5) is 0 Å². The fourth-order valence-corrected chi connectivity index (χ4v) is 2.98. The molecule has 0 heterocycles. The Kier molecular flexibility index (Phi) is 2.93. The van der Waals surface area contributed by atoms with E-state index < -0.39 is 0 Å². The van der Waals surface area contributed by atoms with Gasteiger partial charge in [-0.25, -0.2) is 0 Å². The van der Waals surface area contributed by atoms with Gasteiger partial charge in [0.15, 0.2) is 0 Å². The average Bonchev–Trinajstić information content (AvgIpc) is 2.46. The van der Waals surface area contributed by atoms with Gasteiger partial charge in [0, 0.05) is 8.95 Å². The molecule has 2 aromatic rings. The van der Waals surface area contributed by atoms with Crippen LogP contribution in [0.3, 0.4) is 0 Å². The van der Waals surface area contributed by atoms with Crippen molar-refractivity contribution >= 4 is 44.0 Å². The number of halogens is 2. The summed E-state index contributed by atoms with van der Waals surface area (Å²) in [5, 5.41) is 0. The molecule has 0 bridgehead atoms. The lowest BCUT2D eigenvalue weighted by Crippen LogP contribution is -1.92. The number of fused-ring (bicyclic) bond motifs is 2. The van der Waals surface area contributed by atoms with Crippen molar-refractivity contribution < 1.29 is 0 Å². The highest BCUT2D eigenvalue weighted by molar-refractivity contribution is 9.10. The van der Waals surface area contributed by atoms with Crippen molar-refractivity contribution in [3.8, 4) is 0 Å². The molecule has 1 aliphatic carbocycles. The van der Waals surface area contributed by atoms with E-state index >= 15 is 0 Å². The van der Waals surface area contributed by atoms with Crippen LogP contribution in [0.2, 0.25) is 0 Å². The first kappa shape index (κ1) is 11.2. The van der Waals surface area contributed by atoms with Gasteiger partial charge in [0.2, 0.25) is 0 Å². The summed E-state index contributed by atoms with van der Waals surface area (Å²) in [6.45, 7) is 0. The summed E-state index contributed by atoms with van der Waals surface area (Å²) < 4.78 is 2.28. The molecular formula is C15H10Br2. The van der Waals surface area contributed by atoms with Crippen molar-refractivity contribution in [2.75, 3.05) is 0 Å². The molecule has 0 unspecified atom stereocenters. The van der Waals surface area contributed by atoms with Crippen LogP contribution in [-0.2, 0) is 6.42 Å². The average molecular weight is 350 g/mol. The summed E-state index contributed by atoms with van der Waals surface area (Å²) in [6.07, 6.45) is 5.37. The van der Waals surface area contributed by atoms with Crippen LogP contribution in [0.15, 0.2) is 45.3 Å². The van der Waals surface area contributed by atoms with Crippen LogP contribution in [0.1, 0.15) is 22.3 Å². The van der Waals surface area contributed by atoms with Gasteiger partial charge in [0.05, 0.1) is 0 Å². The molecule has 0 aliphatic heterocycles. The quantitative estimate of drug-likeness (QED) is 0.517. The monoisotopic (exact) mass is 348 g/mol. The molecule has 3 rings (SSSR count). The molecule has 17 heavy (non-hydrogen) atoms. The van der Waals surface area contributed by atoms with Crippen LogP contribution in [0.25, 0.3) is 12.2 Å². The third-order valence-corrected chi connectivity index (χ3v) is 4.02. The van der Waals surface area contributed by atoms with Crippen molar-refractivity contribution in [2.24, 2.45) is 0 Å². The van der Waals surface area contributed by atoms with Gasteiger partial charge in [-0.15, -0.1) is 0 Å². The van der Waals surface area contributed by atoms with Crippen molar-refractivity contribution in [2.45, 2.75) is 6.42 Å². The minimum Gasteiger partial charge on any atom is -0.0541 e. The zero-order valence-corrected chi connectivity index (χ0v) is 12.3. The second-order valence-corrected chi connectivity index (χ2v) is 6.03. The summed E-state index contributed by atoms with van der Waals surface area (Å²) in [7, 11) is 0. The number of hydrogen-bond donors (Lipinski definition) is 0. The Balaban J connectivity index is 2.17.